The molecule has 0 radical (unpaired) electrons. The zero-order chi connectivity index (χ0) is 28.1. The standard InChI is InChI=1S/C28H12F6N4/c29-27(30,31)25-5-1-17(2-6-25)21(13-35)9-19-11-24(16-38)20(12-23(19)15-37)10-22(14-36)18-3-7-26(8-4-18)28(32,33)34/h1-12H/b21-9+,22-10+. The Balaban J connectivity index is 2.07. The molecule has 0 unspecified atom stereocenters. The molecule has 38 heavy (non-hydrogen) atoms. The largest absolute Gasteiger partial charge is 0.416 e. The molecule has 0 amide bonds. The van der Waals surface area contributed by atoms with Crippen molar-refractivity contribution in [2.24, 2.45) is 0 Å². The number of halogens is 6. The van der Waals surface area contributed by atoms with Crippen LogP contribution in [0.4, 0.5) is 26.3 Å². The molecule has 3 aromatic rings. The summed E-state index contributed by atoms with van der Waals surface area (Å²) in [4.78, 5) is 0. The van der Waals surface area contributed by atoms with Gasteiger partial charge in [0.15, 0.2) is 0 Å². The second-order valence-electron chi connectivity index (χ2n) is 7.74. The minimum absolute atomic E-state index is 0.0142. The lowest BCUT2D eigenvalue weighted by atomic mass is 9.94. The average Bonchev–Trinajstić information content (AvgIpc) is 2.89. The van der Waals surface area contributed by atoms with Gasteiger partial charge in [-0.2, -0.15) is 47.4 Å². The number of rotatable bonds is 4. The maximum Gasteiger partial charge on any atom is 0.416 e. The molecular weight excluding hydrogens is 506 g/mol. The summed E-state index contributed by atoms with van der Waals surface area (Å²) in [5.74, 6) is 0. The molecule has 0 saturated carbocycles. The maximum atomic E-state index is 12.8. The van der Waals surface area contributed by atoms with Crippen LogP contribution >= 0.6 is 0 Å². The van der Waals surface area contributed by atoms with Crippen LogP contribution in [0.3, 0.4) is 0 Å². The van der Waals surface area contributed by atoms with E-state index in [-0.39, 0.29) is 44.5 Å². The predicted molar refractivity (Wildman–Crippen MR) is 126 cm³/mol. The molecule has 4 nitrogen and oxygen atoms in total. The molecule has 0 heterocycles. The van der Waals surface area contributed by atoms with Gasteiger partial charge in [-0.1, -0.05) is 24.3 Å². The predicted octanol–water partition coefficient (Wildman–Crippen LogP) is 7.60. The van der Waals surface area contributed by atoms with E-state index in [4.69, 9.17) is 0 Å². The quantitative estimate of drug-likeness (QED) is 0.202. The second kappa shape index (κ2) is 10.7. The Labute approximate surface area is 212 Å². The minimum atomic E-state index is -4.56. The Bertz CT molecular complexity index is 1470. The monoisotopic (exact) mass is 518 g/mol. The van der Waals surface area contributed by atoms with Crippen LogP contribution in [-0.4, -0.2) is 0 Å². The molecule has 0 aliphatic heterocycles. The number of alkyl halides is 6. The Hall–Kier alpha value is -5.32. The molecule has 0 aliphatic carbocycles. The summed E-state index contributed by atoms with van der Waals surface area (Å²) in [6.45, 7) is 0. The summed E-state index contributed by atoms with van der Waals surface area (Å²) < 4.78 is 77.1. The molecular formula is C28H12F6N4. The van der Waals surface area contributed by atoms with E-state index in [1.165, 1.54) is 24.3 Å². The van der Waals surface area contributed by atoms with E-state index in [1.54, 1.807) is 0 Å². The number of nitriles is 4. The fourth-order valence-corrected chi connectivity index (χ4v) is 3.41. The maximum absolute atomic E-state index is 12.8. The number of hydrogen-bond acceptors (Lipinski definition) is 4. The van der Waals surface area contributed by atoms with Gasteiger partial charge in [-0.25, -0.2) is 0 Å². The Morgan fingerprint density at radius 2 is 0.868 bits per heavy atom. The van der Waals surface area contributed by atoms with Crippen molar-refractivity contribution in [3.8, 4) is 24.3 Å². The topological polar surface area (TPSA) is 95.2 Å². The molecule has 0 aromatic heterocycles. The highest BCUT2D eigenvalue weighted by Gasteiger charge is 2.30. The van der Waals surface area contributed by atoms with Gasteiger partial charge in [-0.05, 0) is 70.8 Å². The fraction of sp³-hybridized carbons (Fsp3) is 0.0714. The fourth-order valence-electron chi connectivity index (χ4n) is 3.41. The zero-order valence-electron chi connectivity index (χ0n) is 19.0. The van der Waals surface area contributed by atoms with Gasteiger partial charge >= 0.3 is 12.4 Å². The molecule has 0 atom stereocenters. The first-order valence-electron chi connectivity index (χ1n) is 10.5. The van der Waals surface area contributed by atoms with Gasteiger partial charge in [0.05, 0.1) is 57.7 Å². The summed E-state index contributed by atoms with van der Waals surface area (Å²) in [6.07, 6.45) is -6.62. The smallest absolute Gasteiger partial charge is 0.192 e. The molecule has 0 N–H and O–H groups in total. The van der Waals surface area contributed by atoms with Crippen LogP contribution < -0.4 is 0 Å². The van der Waals surface area contributed by atoms with Crippen molar-refractivity contribution in [2.45, 2.75) is 12.4 Å². The van der Waals surface area contributed by atoms with Crippen LogP contribution in [-0.2, 0) is 12.4 Å². The van der Waals surface area contributed by atoms with Crippen LogP contribution in [0.1, 0.15) is 44.5 Å². The van der Waals surface area contributed by atoms with Crippen molar-refractivity contribution < 1.29 is 26.3 Å². The summed E-state index contributed by atoms with van der Waals surface area (Å²) in [6, 6.07) is 17.7. The lowest BCUT2D eigenvalue weighted by Crippen LogP contribution is -2.04. The minimum Gasteiger partial charge on any atom is -0.192 e. The van der Waals surface area contributed by atoms with Crippen molar-refractivity contribution in [2.75, 3.05) is 0 Å². The molecule has 0 saturated heterocycles. The SMILES string of the molecule is N#C/C(=C\c1cc(C#N)c(/C=C(\C#N)c2ccc(C(F)(F)F)cc2)cc1C#N)c1ccc(C(F)(F)F)cc1. The van der Waals surface area contributed by atoms with Gasteiger partial charge in [-0.3, -0.25) is 0 Å². The highest BCUT2D eigenvalue weighted by molar-refractivity contribution is 5.93. The van der Waals surface area contributed by atoms with E-state index in [0.29, 0.717) is 0 Å². The first-order valence-corrected chi connectivity index (χ1v) is 10.5. The second-order valence-corrected chi connectivity index (χ2v) is 7.74. The van der Waals surface area contributed by atoms with Crippen LogP contribution in [0.2, 0.25) is 0 Å². The van der Waals surface area contributed by atoms with Crippen molar-refractivity contribution in [3.05, 3.63) is 105 Å². The van der Waals surface area contributed by atoms with Crippen LogP contribution in [0.5, 0.6) is 0 Å². The van der Waals surface area contributed by atoms with Crippen molar-refractivity contribution in [1.82, 2.24) is 0 Å². The molecule has 3 aromatic carbocycles. The Kier molecular flexibility index (Phi) is 7.71. The normalized spacial score (nSPS) is 12.2. The summed E-state index contributed by atoms with van der Waals surface area (Å²) >= 11 is 0. The Morgan fingerprint density at radius 1 is 0.553 bits per heavy atom. The van der Waals surface area contributed by atoms with E-state index < -0.39 is 23.5 Å². The van der Waals surface area contributed by atoms with Gasteiger partial charge < -0.3 is 0 Å². The molecule has 0 fully saturated rings. The molecule has 0 spiro atoms. The number of hydrogen-bond donors (Lipinski definition) is 0. The van der Waals surface area contributed by atoms with Crippen LogP contribution in [0.25, 0.3) is 23.3 Å². The van der Waals surface area contributed by atoms with E-state index in [2.05, 4.69) is 0 Å². The van der Waals surface area contributed by atoms with Gasteiger partial charge in [0.2, 0.25) is 0 Å². The average molecular weight is 518 g/mol. The third-order valence-electron chi connectivity index (χ3n) is 5.35. The van der Waals surface area contributed by atoms with Crippen LogP contribution in [0.15, 0.2) is 60.7 Å². The highest BCUT2D eigenvalue weighted by Crippen LogP contribution is 2.32. The van der Waals surface area contributed by atoms with E-state index in [1.807, 2.05) is 24.3 Å². The van der Waals surface area contributed by atoms with E-state index >= 15 is 0 Å². The number of benzene rings is 3. The lowest BCUT2D eigenvalue weighted by molar-refractivity contribution is -0.138. The summed E-state index contributed by atoms with van der Waals surface area (Å²) in [5, 5.41) is 38.4. The molecule has 10 heteroatoms. The van der Waals surface area contributed by atoms with Crippen molar-refractivity contribution >= 4 is 23.3 Å². The summed E-state index contributed by atoms with van der Waals surface area (Å²) in [5.41, 5.74) is -1.40. The molecule has 0 bridgehead atoms. The van der Waals surface area contributed by atoms with E-state index in [0.717, 1.165) is 48.5 Å². The number of nitrogens with zero attached hydrogens (tertiary/aromatic N) is 4. The lowest BCUT2D eigenvalue weighted by Gasteiger charge is -2.09. The van der Waals surface area contributed by atoms with Gasteiger partial charge in [0.25, 0.3) is 0 Å². The number of allylic oxidation sites excluding steroid dienone is 2. The van der Waals surface area contributed by atoms with Gasteiger partial charge in [0, 0.05) is 0 Å². The van der Waals surface area contributed by atoms with Gasteiger partial charge in [0.1, 0.15) is 0 Å². The Morgan fingerprint density at radius 3 is 1.11 bits per heavy atom. The van der Waals surface area contributed by atoms with E-state index in [9.17, 15) is 47.4 Å². The van der Waals surface area contributed by atoms with Crippen molar-refractivity contribution in [1.29, 1.82) is 21.0 Å². The first-order chi connectivity index (χ1) is 17.9. The van der Waals surface area contributed by atoms with Gasteiger partial charge in [-0.15, -0.1) is 0 Å². The van der Waals surface area contributed by atoms with Crippen molar-refractivity contribution in [3.63, 3.8) is 0 Å². The third-order valence-corrected chi connectivity index (χ3v) is 5.35. The molecule has 186 valence electrons. The third kappa shape index (κ3) is 6.08. The summed E-state index contributed by atoms with van der Waals surface area (Å²) in [7, 11) is 0. The molecule has 0 aliphatic rings. The highest BCUT2D eigenvalue weighted by atomic mass is 19.4. The molecule has 3 rings (SSSR count). The first kappa shape index (κ1) is 27.3. The zero-order valence-corrected chi connectivity index (χ0v) is 19.0. The van der Waals surface area contributed by atoms with Crippen LogP contribution in [0, 0.1) is 45.3 Å².